The van der Waals surface area contributed by atoms with Gasteiger partial charge in [0.15, 0.2) is 0 Å². The molecule has 0 spiro atoms. The van der Waals surface area contributed by atoms with Crippen LogP contribution < -0.4 is 44.5 Å². The van der Waals surface area contributed by atoms with Gasteiger partial charge in [0.1, 0.15) is 5.75 Å². The molecule has 35 heavy (non-hydrogen) atoms. The fraction of sp³-hybridized carbons (Fsp3) is 0.550. The van der Waals surface area contributed by atoms with E-state index in [9.17, 15) is 13.2 Å². The first-order valence-electron chi connectivity index (χ1n) is 10.4. The maximum absolute atomic E-state index is 12.4. The average Bonchev–Trinajstić information content (AvgIpc) is 2.75. The van der Waals surface area contributed by atoms with E-state index >= 15 is 0 Å². The number of hydrogen-bond donors (Lipinski definition) is 5. The summed E-state index contributed by atoms with van der Waals surface area (Å²) in [5.41, 5.74) is 0.574. The van der Waals surface area contributed by atoms with E-state index in [0.29, 0.717) is 23.5 Å². The highest BCUT2D eigenvalue weighted by Crippen LogP contribution is 2.27. The van der Waals surface area contributed by atoms with Crippen molar-refractivity contribution in [1.82, 2.24) is 39.6 Å². The van der Waals surface area contributed by atoms with Crippen LogP contribution in [0.5, 0.6) is 5.75 Å². The summed E-state index contributed by atoms with van der Waals surface area (Å²) in [5, 5.41) is 3.10. The molecule has 1 aromatic carbocycles. The number of alkyl halides is 3. The number of anilines is 4. The summed E-state index contributed by atoms with van der Waals surface area (Å²) >= 11 is 0. The van der Waals surface area contributed by atoms with E-state index in [1.54, 1.807) is 0 Å². The Morgan fingerprint density at radius 1 is 0.714 bits per heavy atom. The van der Waals surface area contributed by atoms with Gasteiger partial charge in [0, 0.05) is 37.6 Å². The number of halogens is 4. The zero-order chi connectivity index (χ0) is 21.0. The largest absolute Gasteiger partial charge is 0.573 e. The van der Waals surface area contributed by atoms with E-state index in [0.717, 1.165) is 51.9 Å². The van der Waals surface area contributed by atoms with E-state index in [2.05, 4.69) is 29.8 Å². The van der Waals surface area contributed by atoms with Crippen molar-refractivity contribution in [2.75, 3.05) is 41.3 Å². The molecule has 0 radical (unpaired) electrons. The normalized spacial score (nSPS) is 15.2. The first-order valence-corrected chi connectivity index (χ1v) is 10.4. The van der Waals surface area contributed by atoms with Gasteiger partial charge in [-0.3, -0.25) is 0 Å². The molecule has 210 valence electrons. The topological polar surface area (TPSA) is 206 Å². The van der Waals surface area contributed by atoms with E-state index in [1.807, 2.05) is 0 Å². The molecule has 0 unspecified atom stereocenters. The van der Waals surface area contributed by atoms with Crippen LogP contribution in [-0.2, 0) is 0 Å². The second-order valence-electron chi connectivity index (χ2n) is 7.55. The second kappa shape index (κ2) is 15.4. The van der Waals surface area contributed by atoms with Crippen LogP contribution in [0, 0.1) is 0 Å². The van der Waals surface area contributed by atoms with Crippen molar-refractivity contribution in [3.8, 4) is 5.75 Å². The van der Waals surface area contributed by atoms with Crippen molar-refractivity contribution in [3.63, 3.8) is 0 Å². The van der Waals surface area contributed by atoms with Crippen LogP contribution in [0.4, 0.5) is 36.7 Å². The Labute approximate surface area is 215 Å². The Morgan fingerprint density at radius 3 is 1.54 bits per heavy atom. The van der Waals surface area contributed by atoms with E-state index in [1.165, 1.54) is 37.1 Å². The fourth-order valence-electron chi connectivity index (χ4n) is 3.75. The van der Waals surface area contributed by atoms with E-state index < -0.39 is 6.36 Å². The molecule has 2 fully saturated rings. The molecule has 0 atom stereocenters. The first-order chi connectivity index (χ1) is 14.5. The third-order valence-corrected chi connectivity index (χ3v) is 5.23. The maximum atomic E-state index is 12.4. The summed E-state index contributed by atoms with van der Waals surface area (Å²) in [6.45, 7) is 3.64. The molecule has 15 heteroatoms. The van der Waals surface area contributed by atoms with Crippen molar-refractivity contribution in [1.29, 1.82) is 0 Å². The third kappa shape index (κ3) is 9.85. The molecule has 3 heterocycles. The summed E-state index contributed by atoms with van der Waals surface area (Å²) in [6, 6.07) is 5.53. The van der Waals surface area contributed by atoms with Gasteiger partial charge in [-0.05, 0) is 62.8 Å². The first kappa shape index (κ1) is 34.5. The predicted molar refractivity (Wildman–Crippen MR) is 144 cm³/mol. The molecule has 11 nitrogen and oxygen atoms in total. The van der Waals surface area contributed by atoms with Gasteiger partial charge in [-0.25, -0.2) is 0 Å². The standard InChI is InChI=1S/C20H25F3N6O.ClH.4H3N.4H2/c21-20(22,23)30-16-9-7-15(8-10-16)24-17-25-18(28-11-3-1-4-12-28)27-19(26-17)29-13-5-2-6-14-29;;;;;;;;;/h7-10H,1-6,11-14H2,(H,24,25,26,27);1H;4*1H3;4*1H. The van der Waals surface area contributed by atoms with Gasteiger partial charge in [-0.15, -0.1) is 25.6 Å². The summed E-state index contributed by atoms with van der Waals surface area (Å²) in [5.74, 6) is 1.40. The lowest BCUT2D eigenvalue weighted by Gasteiger charge is -2.30. The van der Waals surface area contributed by atoms with Gasteiger partial charge in [-0.1, -0.05) is 0 Å². The molecule has 2 saturated heterocycles. The molecule has 2 aromatic rings. The SMILES string of the molecule is Cl.FC(F)(F)Oc1ccc(Nc2nc(N3CCCCC3)nc(N3CCCCC3)n2)cc1.N.N.N.N.[HH].[HH].[HH].[HH]. The Hall–Kier alpha value is -2.65. The zero-order valence-electron chi connectivity index (χ0n) is 19.9. The summed E-state index contributed by atoms with van der Waals surface area (Å²) in [7, 11) is 0. The number of rotatable bonds is 5. The molecule has 13 N–H and O–H groups in total. The van der Waals surface area contributed by atoms with Crippen molar-refractivity contribution < 1.29 is 23.6 Å². The molecule has 2 aliphatic rings. The average molecular weight is 535 g/mol. The lowest BCUT2D eigenvalue weighted by Crippen LogP contribution is -2.34. The van der Waals surface area contributed by atoms with Crippen LogP contribution in [0.3, 0.4) is 0 Å². The van der Waals surface area contributed by atoms with Gasteiger partial charge >= 0.3 is 6.36 Å². The summed E-state index contributed by atoms with van der Waals surface area (Å²) < 4.78 is 41.0. The van der Waals surface area contributed by atoms with Gasteiger partial charge in [0.05, 0.1) is 0 Å². The van der Waals surface area contributed by atoms with Gasteiger partial charge in [0.2, 0.25) is 17.8 Å². The van der Waals surface area contributed by atoms with Crippen LogP contribution in [0.15, 0.2) is 24.3 Å². The minimum absolute atomic E-state index is 0. The maximum Gasteiger partial charge on any atom is 0.573 e. The van der Waals surface area contributed by atoms with E-state index in [4.69, 9.17) is 4.98 Å². The fourth-order valence-corrected chi connectivity index (χ4v) is 3.75. The molecule has 2 aliphatic heterocycles. The molecule has 0 amide bonds. The molecule has 1 aromatic heterocycles. The number of nitrogens with one attached hydrogen (secondary N) is 1. The Balaban J connectivity index is -0.000000302. The lowest BCUT2D eigenvalue weighted by atomic mass is 10.1. The highest BCUT2D eigenvalue weighted by Gasteiger charge is 2.31. The zero-order valence-corrected chi connectivity index (χ0v) is 20.7. The van der Waals surface area contributed by atoms with Crippen molar-refractivity contribution in [2.45, 2.75) is 44.9 Å². The Morgan fingerprint density at radius 2 is 1.14 bits per heavy atom. The third-order valence-electron chi connectivity index (χ3n) is 5.23. The molecular weight excluding hydrogens is 489 g/mol. The highest BCUT2D eigenvalue weighted by molar-refractivity contribution is 5.85. The quantitative estimate of drug-likeness (QED) is 0.277. The molecule has 0 bridgehead atoms. The minimum atomic E-state index is -4.71. The lowest BCUT2D eigenvalue weighted by molar-refractivity contribution is -0.274. The van der Waals surface area contributed by atoms with Crippen molar-refractivity contribution in [3.05, 3.63) is 24.3 Å². The molecule has 4 rings (SSSR count). The molecule has 0 saturated carbocycles. The predicted octanol–water partition coefficient (Wildman–Crippen LogP) is 6.55. The van der Waals surface area contributed by atoms with Crippen LogP contribution in [-0.4, -0.2) is 47.5 Å². The number of hydrogen-bond acceptors (Lipinski definition) is 11. The smallest absolute Gasteiger partial charge is 0.406 e. The van der Waals surface area contributed by atoms with Gasteiger partial charge < -0.3 is 44.5 Å². The number of aromatic nitrogens is 3. The summed E-state index contributed by atoms with van der Waals surface area (Å²) in [6.07, 6.45) is 2.12. The number of nitrogens with zero attached hydrogens (tertiary/aromatic N) is 5. The Bertz CT molecular complexity index is 830. The van der Waals surface area contributed by atoms with Gasteiger partial charge in [-0.2, -0.15) is 15.0 Å². The monoisotopic (exact) mass is 534 g/mol. The number of ether oxygens (including phenoxy) is 1. The Kier molecular flexibility index (Phi) is 15.2. The molecular formula is C20H46ClF3N10O. The van der Waals surface area contributed by atoms with Crippen molar-refractivity contribution >= 4 is 35.9 Å². The minimum Gasteiger partial charge on any atom is -0.406 e. The highest BCUT2D eigenvalue weighted by atomic mass is 35.5. The number of benzene rings is 1. The van der Waals surface area contributed by atoms with Crippen LogP contribution in [0.2, 0.25) is 0 Å². The van der Waals surface area contributed by atoms with Gasteiger partial charge in [0.25, 0.3) is 0 Å². The van der Waals surface area contributed by atoms with Crippen LogP contribution in [0.25, 0.3) is 0 Å². The van der Waals surface area contributed by atoms with Crippen molar-refractivity contribution in [2.24, 2.45) is 0 Å². The van der Waals surface area contributed by atoms with Crippen LogP contribution in [0.1, 0.15) is 44.2 Å². The second-order valence-corrected chi connectivity index (χ2v) is 7.55. The summed E-state index contributed by atoms with van der Waals surface area (Å²) in [4.78, 5) is 18.2. The van der Waals surface area contributed by atoms with E-state index in [-0.39, 0.29) is 48.5 Å². The molecule has 0 aliphatic carbocycles. The van der Waals surface area contributed by atoms with Crippen LogP contribution >= 0.6 is 12.4 Å². The number of piperidine rings is 2.